The molecule has 3 aromatic rings. The average Bonchev–Trinajstić information content (AvgIpc) is 2.96. The molecule has 2 aromatic heterocycles. The van der Waals surface area contributed by atoms with Crippen molar-refractivity contribution in [1.29, 1.82) is 0 Å². The summed E-state index contributed by atoms with van der Waals surface area (Å²) in [4.78, 5) is 20.5. The first-order chi connectivity index (χ1) is 10.3. The summed E-state index contributed by atoms with van der Waals surface area (Å²) in [6.07, 6.45) is 3.47. The first-order valence-corrected chi connectivity index (χ1v) is 6.83. The molecule has 0 saturated heterocycles. The Morgan fingerprint density at radius 3 is 3.10 bits per heavy atom. The zero-order chi connectivity index (χ0) is 14.7. The van der Waals surface area contributed by atoms with E-state index < -0.39 is 0 Å². The van der Waals surface area contributed by atoms with Gasteiger partial charge in [-0.25, -0.2) is 4.98 Å². The molecule has 0 fully saturated rings. The van der Waals surface area contributed by atoms with E-state index in [2.05, 4.69) is 25.5 Å². The average molecular weight is 281 g/mol. The summed E-state index contributed by atoms with van der Waals surface area (Å²) in [7, 11) is 0. The number of H-pyrrole nitrogens is 1. The molecule has 0 unspecified atom stereocenters. The van der Waals surface area contributed by atoms with Crippen LogP contribution in [-0.2, 0) is 6.42 Å². The number of fused-ring (bicyclic) bond motifs is 1. The summed E-state index contributed by atoms with van der Waals surface area (Å²) in [5.41, 5.74) is 1.58. The molecule has 2 N–H and O–H groups in total. The van der Waals surface area contributed by atoms with Gasteiger partial charge in [-0.15, -0.1) is 5.10 Å². The predicted molar refractivity (Wildman–Crippen MR) is 80.1 cm³/mol. The highest BCUT2D eigenvalue weighted by Gasteiger charge is 2.12. The molecule has 2 heterocycles. The quantitative estimate of drug-likeness (QED) is 0.769. The molecule has 0 aliphatic carbocycles. The molecule has 0 aliphatic rings. The van der Waals surface area contributed by atoms with Crippen molar-refractivity contribution >= 4 is 22.5 Å². The number of nitrogens with zero attached hydrogens (tertiary/aromatic N) is 3. The number of carbonyl (C=O) groups is 1. The van der Waals surface area contributed by atoms with Gasteiger partial charge in [-0.05, 0) is 30.7 Å². The van der Waals surface area contributed by atoms with Crippen LogP contribution in [-0.4, -0.2) is 26.1 Å². The minimum Gasteiger partial charge on any atom is -0.319 e. The van der Waals surface area contributed by atoms with Gasteiger partial charge >= 0.3 is 0 Å². The first kappa shape index (κ1) is 13.2. The number of aromatic nitrogens is 4. The van der Waals surface area contributed by atoms with Crippen LogP contribution >= 0.6 is 0 Å². The number of rotatable bonds is 4. The van der Waals surface area contributed by atoms with Crippen LogP contribution < -0.4 is 5.32 Å². The van der Waals surface area contributed by atoms with E-state index in [0.717, 1.165) is 29.6 Å². The van der Waals surface area contributed by atoms with E-state index in [1.54, 1.807) is 6.20 Å². The van der Waals surface area contributed by atoms with E-state index >= 15 is 0 Å². The van der Waals surface area contributed by atoms with Gasteiger partial charge in [0.1, 0.15) is 5.82 Å². The van der Waals surface area contributed by atoms with Gasteiger partial charge < -0.3 is 5.32 Å². The van der Waals surface area contributed by atoms with E-state index in [1.807, 2.05) is 37.3 Å². The minimum absolute atomic E-state index is 0.157. The van der Waals surface area contributed by atoms with E-state index in [0.29, 0.717) is 5.69 Å². The molecule has 0 radical (unpaired) electrons. The molecule has 0 bridgehead atoms. The molecule has 0 atom stereocenters. The second-order valence-electron chi connectivity index (χ2n) is 4.72. The molecule has 3 rings (SSSR count). The molecule has 0 saturated carbocycles. The third-order valence-electron chi connectivity index (χ3n) is 3.08. The number of hydrogen-bond donors (Lipinski definition) is 2. The van der Waals surface area contributed by atoms with Gasteiger partial charge in [-0.1, -0.05) is 13.0 Å². The fourth-order valence-corrected chi connectivity index (χ4v) is 2.09. The molecule has 0 aliphatic heterocycles. The molecule has 21 heavy (non-hydrogen) atoms. The Balaban J connectivity index is 1.78. The molecule has 1 amide bonds. The van der Waals surface area contributed by atoms with Crippen molar-refractivity contribution in [1.82, 2.24) is 20.2 Å². The Morgan fingerprint density at radius 1 is 1.33 bits per heavy atom. The van der Waals surface area contributed by atoms with Gasteiger partial charge in [0, 0.05) is 23.7 Å². The smallest absolute Gasteiger partial charge is 0.295 e. The number of hydrogen-bond acceptors (Lipinski definition) is 4. The number of carbonyl (C=O) groups excluding carboxylic acids is 1. The third-order valence-corrected chi connectivity index (χ3v) is 3.08. The van der Waals surface area contributed by atoms with Gasteiger partial charge in [-0.2, -0.15) is 0 Å². The lowest BCUT2D eigenvalue weighted by Gasteiger charge is -2.03. The van der Waals surface area contributed by atoms with Crippen LogP contribution in [0.4, 0.5) is 5.69 Å². The molecular weight excluding hydrogens is 266 g/mol. The molecule has 6 heteroatoms. The topological polar surface area (TPSA) is 83.6 Å². The number of aryl methyl sites for hydroxylation is 1. The highest BCUT2D eigenvalue weighted by molar-refractivity contribution is 6.02. The number of anilines is 1. The van der Waals surface area contributed by atoms with E-state index in [4.69, 9.17) is 0 Å². The lowest BCUT2D eigenvalue weighted by Crippen LogP contribution is -2.13. The molecule has 0 spiro atoms. The maximum Gasteiger partial charge on any atom is 0.295 e. The summed E-state index contributed by atoms with van der Waals surface area (Å²) >= 11 is 0. The van der Waals surface area contributed by atoms with Crippen LogP contribution in [0.25, 0.3) is 10.9 Å². The largest absolute Gasteiger partial charge is 0.319 e. The minimum atomic E-state index is -0.322. The molecular formula is C15H15N5O. The maximum absolute atomic E-state index is 12.1. The maximum atomic E-state index is 12.1. The number of pyridine rings is 1. The van der Waals surface area contributed by atoms with Gasteiger partial charge in [0.2, 0.25) is 5.82 Å². The SMILES string of the molecule is CCCc1nc(C(=O)Nc2ccc3ncccc3c2)n[nH]1. The van der Waals surface area contributed by atoms with Crippen molar-refractivity contribution in [3.8, 4) is 0 Å². The van der Waals surface area contributed by atoms with Crippen LogP contribution in [0.1, 0.15) is 29.8 Å². The summed E-state index contributed by atoms with van der Waals surface area (Å²) < 4.78 is 0. The molecule has 6 nitrogen and oxygen atoms in total. The van der Waals surface area contributed by atoms with Gasteiger partial charge in [0.05, 0.1) is 5.52 Å². The monoisotopic (exact) mass is 281 g/mol. The Hall–Kier alpha value is -2.76. The van der Waals surface area contributed by atoms with E-state index in [9.17, 15) is 4.79 Å². The fraction of sp³-hybridized carbons (Fsp3) is 0.200. The van der Waals surface area contributed by atoms with Gasteiger partial charge in [0.25, 0.3) is 5.91 Å². The zero-order valence-electron chi connectivity index (χ0n) is 11.6. The predicted octanol–water partition coefficient (Wildman–Crippen LogP) is 2.56. The van der Waals surface area contributed by atoms with E-state index in [-0.39, 0.29) is 11.7 Å². The zero-order valence-corrected chi connectivity index (χ0v) is 11.6. The van der Waals surface area contributed by atoms with Crippen LogP contribution in [0.3, 0.4) is 0 Å². The normalized spacial score (nSPS) is 10.7. The Kier molecular flexibility index (Phi) is 3.59. The Labute approximate surface area is 121 Å². The van der Waals surface area contributed by atoms with Gasteiger partial charge in [-0.3, -0.25) is 14.9 Å². The standard InChI is InChI=1S/C15H15N5O/c1-2-4-13-18-14(20-19-13)15(21)17-11-6-7-12-10(9-11)5-3-8-16-12/h3,5-9H,2,4H2,1H3,(H,17,21)(H,18,19,20). The fourth-order valence-electron chi connectivity index (χ4n) is 2.09. The highest BCUT2D eigenvalue weighted by atomic mass is 16.2. The lowest BCUT2D eigenvalue weighted by atomic mass is 10.2. The molecule has 1 aromatic carbocycles. The number of benzene rings is 1. The summed E-state index contributed by atoms with van der Waals surface area (Å²) in [5.74, 6) is 0.562. The third kappa shape index (κ3) is 2.89. The van der Waals surface area contributed by atoms with Crippen LogP contribution in [0.15, 0.2) is 36.5 Å². The molecule has 106 valence electrons. The van der Waals surface area contributed by atoms with Crippen molar-refractivity contribution in [3.05, 3.63) is 48.2 Å². The van der Waals surface area contributed by atoms with Crippen LogP contribution in [0.5, 0.6) is 0 Å². The van der Waals surface area contributed by atoms with Crippen molar-refractivity contribution in [2.75, 3.05) is 5.32 Å². The summed E-state index contributed by atoms with van der Waals surface area (Å²) in [6.45, 7) is 2.05. The van der Waals surface area contributed by atoms with Crippen molar-refractivity contribution in [2.24, 2.45) is 0 Å². The van der Waals surface area contributed by atoms with Crippen molar-refractivity contribution in [2.45, 2.75) is 19.8 Å². The summed E-state index contributed by atoms with van der Waals surface area (Å²) in [6, 6.07) is 9.36. The van der Waals surface area contributed by atoms with Crippen LogP contribution in [0, 0.1) is 0 Å². The number of amides is 1. The van der Waals surface area contributed by atoms with E-state index in [1.165, 1.54) is 0 Å². The van der Waals surface area contributed by atoms with Crippen molar-refractivity contribution < 1.29 is 4.79 Å². The van der Waals surface area contributed by atoms with Crippen molar-refractivity contribution in [3.63, 3.8) is 0 Å². The first-order valence-electron chi connectivity index (χ1n) is 6.83. The van der Waals surface area contributed by atoms with Crippen LogP contribution in [0.2, 0.25) is 0 Å². The number of nitrogens with one attached hydrogen (secondary N) is 2. The van der Waals surface area contributed by atoms with Gasteiger partial charge in [0.15, 0.2) is 0 Å². The lowest BCUT2D eigenvalue weighted by molar-refractivity contribution is 0.101. The second-order valence-corrected chi connectivity index (χ2v) is 4.72. The Morgan fingerprint density at radius 2 is 2.24 bits per heavy atom. The summed E-state index contributed by atoms with van der Waals surface area (Å²) in [5, 5.41) is 10.5. The Bertz CT molecular complexity index is 780. The highest BCUT2D eigenvalue weighted by Crippen LogP contribution is 2.17. The second kappa shape index (κ2) is 5.70. The number of aromatic amines is 1.